The highest BCUT2D eigenvalue weighted by molar-refractivity contribution is 4.87. The molecule has 0 spiro atoms. The summed E-state index contributed by atoms with van der Waals surface area (Å²) in [5.74, 6) is 0. The van der Waals surface area contributed by atoms with Gasteiger partial charge in [0.1, 0.15) is 0 Å². The number of aliphatic hydroxyl groups is 1. The molecule has 0 aliphatic heterocycles. The monoisotopic (exact) mass is 169 g/mol. The van der Waals surface area contributed by atoms with E-state index in [0.717, 1.165) is 31.5 Å². The van der Waals surface area contributed by atoms with Crippen molar-refractivity contribution < 1.29 is 5.11 Å². The molecule has 0 aromatic carbocycles. The topological polar surface area (TPSA) is 50.9 Å². The van der Waals surface area contributed by atoms with E-state index >= 15 is 0 Å². The summed E-state index contributed by atoms with van der Waals surface area (Å²) >= 11 is 0. The smallest absolute Gasteiger partial charge is 0.0722 e. The van der Waals surface area contributed by atoms with Crippen molar-refractivity contribution in [3.8, 4) is 0 Å². The Morgan fingerprint density at radius 1 is 1.42 bits per heavy atom. The van der Waals surface area contributed by atoms with Gasteiger partial charge < -0.3 is 5.11 Å². The lowest BCUT2D eigenvalue weighted by Gasteiger charge is -2.01. The van der Waals surface area contributed by atoms with Crippen LogP contribution in [0.1, 0.15) is 25.0 Å². The predicted octanol–water partition coefficient (Wildman–Crippen LogP) is 0.749. The molecule has 4 heteroatoms. The molecule has 0 fully saturated rings. The van der Waals surface area contributed by atoms with Gasteiger partial charge in [0.15, 0.2) is 0 Å². The molecule has 0 bridgehead atoms. The minimum atomic E-state index is 0.288. The number of hydrogen-bond donors (Lipinski definition) is 1. The molecule has 1 aromatic rings. The lowest BCUT2D eigenvalue weighted by atomic mass is 10.2. The predicted molar refractivity (Wildman–Crippen MR) is 45.7 cm³/mol. The standard InChI is InChI=1S/C8H15N3O/c1-8-7-9-10-11(8)5-3-2-4-6-12/h7,12H,2-6H2,1H3. The average molecular weight is 169 g/mol. The first-order valence-electron chi connectivity index (χ1n) is 4.30. The fraction of sp³-hybridized carbons (Fsp3) is 0.750. The van der Waals surface area contributed by atoms with Gasteiger partial charge in [0.25, 0.3) is 0 Å². The van der Waals surface area contributed by atoms with E-state index in [1.807, 2.05) is 11.6 Å². The van der Waals surface area contributed by atoms with Gasteiger partial charge in [-0.25, -0.2) is 4.68 Å². The van der Waals surface area contributed by atoms with Gasteiger partial charge >= 0.3 is 0 Å². The van der Waals surface area contributed by atoms with Gasteiger partial charge in [0.2, 0.25) is 0 Å². The summed E-state index contributed by atoms with van der Waals surface area (Å²) in [7, 11) is 0. The minimum absolute atomic E-state index is 0.288. The van der Waals surface area contributed by atoms with Crippen molar-refractivity contribution >= 4 is 0 Å². The first-order valence-corrected chi connectivity index (χ1v) is 4.30. The Labute approximate surface area is 72.2 Å². The first-order chi connectivity index (χ1) is 5.84. The van der Waals surface area contributed by atoms with Crippen LogP contribution in [-0.2, 0) is 6.54 Å². The Morgan fingerprint density at radius 2 is 2.25 bits per heavy atom. The fourth-order valence-electron chi connectivity index (χ4n) is 1.08. The lowest BCUT2D eigenvalue weighted by molar-refractivity contribution is 0.281. The number of aryl methyl sites for hydroxylation is 2. The van der Waals surface area contributed by atoms with Crippen LogP contribution in [0.5, 0.6) is 0 Å². The molecule has 1 rings (SSSR count). The van der Waals surface area contributed by atoms with Crippen LogP contribution < -0.4 is 0 Å². The van der Waals surface area contributed by atoms with Gasteiger partial charge in [-0.05, 0) is 26.2 Å². The summed E-state index contributed by atoms with van der Waals surface area (Å²) in [5.41, 5.74) is 1.10. The van der Waals surface area contributed by atoms with Crippen LogP contribution in [-0.4, -0.2) is 26.7 Å². The van der Waals surface area contributed by atoms with Crippen molar-refractivity contribution in [1.82, 2.24) is 15.0 Å². The van der Waals surface area contributed by atoms with Gasteiger partial charge in [-0.15, -0.1) is 5.10 Å². The zero-order valence-electron chi connectivity index (χ0n) is 7.40. The van der Waals surface area contributed by atoms with Crippen LogP contribution >= 0.6 is 0 Å². The molecule has 12 heavy (non-hydrogen) atoms. The van der Waals surface area contributed by atoms with Crippen molar-refractivity contribution in [2.24, 2.45) is 0 Å². The summed E-state index contributed by atoms with van der Waals surface area (Å²) in [4.78, 5) is 0. The molecule has 0 aliphatic carbocycles. The van der Waals surface area contributed by atoms with Crippen molar-refractivity contribution in [3.63, 3.8) is 0 Å². The number of nitrogens with zero attached hydrogens (tertiary/aromatic N) is 3. The van der Waals surface area contributed by atoms with Crippen LogP contribution in [0.4, 0.5) is 0 Å². The highest BCUT2D eigenvalue weighted by Gasteiger charge is 1.96. The zero-order valence-corrected chi connectivity index (χ0v) is 7.40. The third-order valence-electron chi connectivity index (χ3n) is 1.84. The number of hydrogen-bond acceptors (Lipinski definition) is 3. The number of unbranched alkanes of at least 4 members (excludes halogenated alkanes) is 2. The normalized spacial score (nSPS) is 10.5. The van der Waals surface area contributed by atoms with E-state index in [0.29, 0.717) is 0 Å². The summed E-state index contributed by atoms with van der Waals surface area (Å²) in [6.07, 6.45) is 4.75. The fourth-order valence-corrected chi connectivity index (χ4v) is 1.08. The van der Waals surface area contributed by atoms with Crippen molar-refractivity contribution in [1.29, 1.82) is 0 Å². The highest BCUT2D eigenvalue weighted by Crippen LogP contribution is 1.99. The maximum atomic E-state index is 8.54. The highest BCUT2D eigenvalue weighted by atomic mass is 16.2. The summed E-state index contributed by atoms with van der Waals surface area (Å²) in [5, 5.41) is 16.2. The Balaban J connectivity index is 2.20. The van der Waals surface area contributed by atoms with E-state index in [1.165, 1.54) is 0 Å². The minimum Gasteiger partial charge on any atom is -0.396 e. The molecule has 1 aromatic heterocycles. The lowest BCUT2D eigenvalue weighted by Crippen LogP contribution is -2.02. The van der Waals surface area contributed by atoms with Crippen LogP contribution in [0.2, 0.25) is 0 Å². The first kappa shape index (κ1) is 9.19. The maximum absolute atomic E-state index is 8.54. The molecular formula is C8H15N3O. The zero-order chi connectivity index (χ0) is 8.81. The van der Waals surface area contributed by atoms with Crippen LogP contribution in [0, 0.1) is 6.92 Å². The van der Waals surface area contributed by atoms with Gasteiger partial charge in [0.05, 0.1) is 11.9 Å². The molecule has 0 radical (unpaired) electrons. The number of aliphatic hydroxyl groups excluding tert-OH is 1. The number of aromatic nitrogens is 3. The van der Waals surface area contributed by atoms with E-state index in [2.05, 4.69) is 10.3 Å². The van der Waals surface area contributed by atoms with E-state index in [4.69, 9.17) is 5.11 Å². The molecule has 0 saturated heterocycles. The largest absolute Gasteiger partial charge is 0.396 e. The van der Waals surface area contributed by atoms with Gasteiger partial charge in [-0.1, -0.05) is 5.21 Å². The van der Waals surface area contributed by atoms with E-state index in [9.17, 15) is 0 Å². The van der Waals surface area contributed by atoms with Crippen LogP contribution in [0.3, 0.4) is 0 Å². The Morgan fingerprint density at radius 3 is 2.83 bits per heavy atom. The summed E-state index contributed by atoms with van der Waals surface area (Å²) in [6, 6.07) is 0. The SMILES string of the molecule is Cc1cnnn1CCCCCO. The number of rotatable bonds is 5. The molecule has 0 unspecified atom stereocenters. The van der Waals surface area contributed by atoms with E-state index in [-0.39, 0.29) is 6.61 Å². The van der Waals surface area contributed by atoms with E-state index < -0.39 is 0 Å². The molecule has 0 aliphatic rings. The Kier molecular flexibility index (Phi) is 3.73. The molecule has 0 atom stereocenters. The molecule has 1 heterocycles. The van der Waals surface area contributed by atoms with Crippen LogP contribution in [0.25, 0.3) is 0 Å². The second kappa shape index (κ2) is 4.87. The second-order valence-electron chi connectivity index (χ2n) is 2.88. The average Bonchev–Trinajstić information content (AvgIpc) is 2.46. The Hall–Kier alpha value is -0.900. The van der Waals surface area contributed by atoms with Crippen molar-refractivity contribution in [2.45, 2.75) is 32.7 Å². The van der Waals surface area contributed by atoms with E-state index in [1.54, 1.807) is 6.20 Å². The van der Waals surface area contributed by atoms with Crippen molar-refractivity contribution in [3.05, 3.63) is 11.9 Å². The van der Waals surface area contributed by atoms with Crippen LogP contribution in [0.15, 0.2) is 6.20 Å². The maximum Gasteiger partial charge on any atom is 0.0722 e. The summed E-state index contributed by atoms with van der Waals surface area (Å²) < 4.78 is 1.89. The van der Waals surface area contributed by atoms with Crippen molar-refractivity contribution in [2.75, 3.05) is 6.61 Å². The summed E-state index contributed by atoms with van der Waals surface area (Å²) in [6.45, 7) is 3.19. The molecule has 68 valence electrons. The Bertz CT molecular complexity index is 222. The quantitative estimate of drug-likeness (QED) is 0.662. The van der Waals surface area contributed by atoms with Gasteiger partial charge in [-0.3, -0.25) is 0 Å². The van der Waals surface area contributed by atoms with Gasteiger partial charge in [-0.2, -0.15) is 0 Å². The molecular weight excluding hydrogens is 154 g/mol. The van der Waals surface area contributed by atoms with Gasteiger partial charge in [0, 0.05) is 13.2 Å². The molecule has 1 N–H and O–H groups in total. The molecule has 0 saturated carbocycles. The molecule has 0 amide bonds. The molecule has 4 nitrogen and oxygen atoms in total. The second-order valence-corrected chi connectivity index (χ2v) is 2.88. The third kappa shape index (κ3) is 2.62. The third-order valence-corrected chi connectivity index (χ3v) is 1.84.